The minimum Gasteiger partial charge on any atom is -0.369 e. The van der Waals surface area contributed by atoms with Gasteiger partial charge in [-0.1, -0.05) is 23.2 Å². The maximum atomic E-state index is 6.14. The summed E-state index contributed by atoms with van der Waals surface area (Å²) in [7, 11) is 8.39. The summed E-state index contributed by atoms with van der Waals surface area (Å²) in [6.45, 7) is 5.46. The Morgan fingerprint density at radius 2 is 2.00 bits per heavy atom. The minimum absolute atomic E-state index is 0.454. The standard InChI is InChI=1S/C14H19BN2/c1-11-3-4-13(12(15)9-11)17-8-7-16(2)14(10-17)5-6-14/h3-4,9H,5-8,10H2,1-2H3. The molecule has 17 heavy (non-hydrogen) atoms. The third-order valence-corrected chi connectivity index (χ3v) is 4.35. The SMILES string of the molecule is [B]c1cc(C)ccc1N1CCN(C)C2(CC2)C1. The van der Waals surface area contributed by atoms with E-state index in [4.69, 9.17) is 7.85 Å². The summed E-state index contributed by atoms with van der Waals surface area (Å²) >= 11 is 0. The average Bonchev–Trinajstić information content (AvgIpc) is 3.04. The van der Waals surface area contributed by atoms with Crippen molar-refractivity contribution in [3.05, 3.63) is 23.8 Å². The van der Waals surface area contributed by atoms with Crippen molar-refractivity contribution in [1.82, 2.24) is 4.90 Å². The Balaban J connectivity index is 1.85. The van der Waals surface area contributed by atoms with E-state index >= 15 is 0 Å². The number of anilines is 1. The van der Waals surface area contributed by atoms with Gasteiger partial charge in [0.2, 0.25) is 0 Å². The summed E-state index contributed by atoms with van der Waals surface area (Å²) in [4.78, 5) is 4.98. The van der Waals surface area contributed by atoms with Gasteiger partial charge in [0.1, 0.15) is 7.85 Å². The summed E-state index contributed by atoms with van der Waals surface area (Å²) in [6, 6.07) is 6.41. The van der Waals surface area contributed by atoms with Crippen molar-refractivity contribution in [2.45, 2.75) is 25.3 Å². The van der Waals surface area contributed by atoms with Crippen molar-refractivity contribution in [2.24, 2.45) is 0 Å². The van der Waals surface area contributed by atoms with E-state index < -0.39 is 0 Å². The fourth-order valence-corrected chi connectivity index (χ4v) is 2.91. The molecule has 1 aliphatic carbocycles. The minimum atomic E-state index is 0.454. The van der Waals surface area contributed by atoms with Crippen LogP contribution in [0.1, 0.15) is 18.4 Å². The van der Waals surface area contributed by atoms with Gasteiger partial charge in [-0.3, -0.25) is 4.90 Å². The molecule has 2 nitrogen and oxygen atoms in total. The average molecular weight is 226 g/mol. The number of hydrogen-bond acceptors (Lipinski definition) is 2. The van der Waals surface area contributed by atoms with Gasteiger partial charge in [0, 0.05) is 30.9 Å². The summed E-state index contributed by atoms with van der Waals surface area (Å²) < 4.78 is 0. The number of nitrogens with zero attached hydrogens (tertiary/aromatic N) is 2. The lowest BCUT2D eigenvalue weighted by atomic mass is 9.91. The molecule has 0 amide bonds. The molecule has 3 heteroatoms. The van der Waals surface area contributed by atoms with E-state index in [9.17, 15) is 0 Å². The maximum absolute atomic E-state index is 6.14. The molecule has 1 spiro atoms. The summed E-state index contributed by atoms with van der Waals surface area (Å²) in [5.74, 6) is 0. The number of likely N-dealkylation sites (N-methyl/N-ethyl adjacent to an activating group) is 1. The van der Waals surface area contributed by atoms with Gasteiger partial charge in [-0.05, 0) is 32.9 Å². The highest BCUT2D eigenvalue weighted by Gasteiger charge is 2.49. The molecule has 1 aliphatic heterocycles. The lowest BCUT2D eigenvalue weighted by Gasteiger charge is -2.42. The van der Waals surface area contributed by atoms with Crippen LogP contribution in [0.2, 0.25) is 0 Å². The van der Waals surface area contributed by atoms with Crippen molar-refractivity contribution in [3.63, 3.8) is 0 Å². The van der Waals surface area contributed by atoms with Crippen LogP contribution in [-0.4, -0.2) is 45.0 Å². The Kier molecular flexibility index (Phi) is 2.48. The van der Waals surface area contributed by atoms with E-state index in [0.29, 0.717) is 5.54 Å². The van der Waals surface area contributed by atoms with Crippen molar-refractivity contribution in [2.75, 3.05) is 31.6 Å². The van der Waals surface area contributed by atoms with Gasteiger partial charge in [-0.15, -0.1) is 0 Å². The molecule has 1 heterocycles. The Bertz CT molecular complexity index is 440. The first-order valence-corrected chi connectivity index (χ1v) is 6.43. The number of hydrogen-bond donors (Lipinski definition) is 0. The zero-order chi connectivity index (χ0) is 12.0. The number of aryl methyl sites for hydroxylation is 1. The molecule has 1 saturated carbocycles. The second-order valence-electron chi connectivity index (χ2n) is 5.63. The molecular formula is C14H19BN2. The van der Waals surface area contributed by atoms with E-state index in [1.807, 2.05) is 0 Å². The van der Waals surface area contributed by atoms with Crippen molar-refractivity contribution >= 4 is 19.0 Å². The van der Waals surface area contributed by atoms with Gasteiger partial charge in [-0.2, -0.15) is 0 Å². The van der Waals surface area contributed by atoms with E-state index in [1.54, 1.807) is 0 Å². The molecule has 2 aliphatic rings. The molecule has 88 valence electrons. The highest BCUT2D eigenvalue weighted by molar-refractivity contribution is 6.36. The molecular weight excluding hydrogens is 207 g/mol. The van der Waals surface area contributed by atoms with E-state index in [0.717, 1.165) is 25.1 Å². The van der Waals surface area contributed by atoms with Crippen LogP contribution in [0.4, 0.5) is 5.69 Å². The van der Waals surface area contributed by atoms with Crippen LogP contribution in [0.15, 0.2) is 18.2 Å². The third-order valence-electron chi connectivity index (χ3n) is 4.35. The summed E-state index contributed by atoms with van der Waals surface area (Å²) in [5.41, 5.74) is 3.83. The Morgan fingerprint density at radius 1 is 1.24 bits per heavy atom. The lowest BCUT2D eigenvalue weighted by Crippen LogP contribution is -2.54. The molecule has 2 fully saturated rings. The predicted molar refractivity (Wildman–Crippen MR) is 73.4 cm³/mol. The normalized spacial score (nSPS) is 23.1. The molecule has 0 atom stereocenters. The van der Waals surface area contributed by atoms with E-state index in [-0.39, 0.29) is 0 Å². The summed E-state index contributed by atoms with van der Waals surface area (Å²) in [6.07, 6.45) is 2.68. The topological polar surface area (TPSA) is 6.48 Å². The van der Waals surface area contributed by atoms with Gasteiger partial charge < -0.3 is 4.90 Å². The first kappa shape index (κ1) is 11.2. The van der Waals surface area contributed by atoms with Gasteiger partial charge in [0.05, 0.1) is 0 Å². The molecule has 0 N–H and O–H groups in total. The van der Waals surface area contributed by atoms with Gasteiger partial charge in [0.15, 0.2) is 0 Å². The van der Waals surface area contributed by atoms with Crippen LogP contribution in [0.3, 0.4) is 0 Å². The predicted octanol–water partition coefficient (Wildman–Crippen LogP) is 1.07. The van der Waals surface area contributed by atoms with Crippen LogP contribution in [0, 0.1) is 6.92 Å². The van der Waals surface area contributed by atoms with Crippen LogP contribution < -0.4 is 10.4 Å². The van der Waals surface area contributed by atoms with Crippen LogP contribution in [0.5, 0.6) is 0 Å². The number of piperazine rings is 1. The molecule has 1 aromatic carbocycles. The number of rotatable bonds is 1. The van der Waals surface area contributed by atoms with Crippen molar-refractivity contribution < 1.29 is 0 Å². The number of benzene rings is 1. The zero-order valence-electron chi connectivity index (χ0n) is 10.7. The Labute approximate surface area is 105 Å². The van der Waals surface area contributed by atoms with Gasteiger partial charge in [0.25, 0.3) is 0 Å². The molecule has 0 unspecified atom stereocenters. The quantitative estimate of drug-likeness (QED) is 0.661. The first-order valence-electron chi connectivity index (χ1n) is 6.43. The Morgan fingerprint density at radius 3 is 2.65 bits per heavy atom. The van der Waals surface area contributed by atoms with Gasteiger partial charge in [-0.25, -0.2) is 0 Å². The highest BCUT2D eigenvalue weighted by Crippen LogP contribution is 2.43. The van der Waals surface area contributed by atoms with Crippen LogP contribution in [-0.2, 0) is 0 Å². The fraction of sp³-hybridized carbons (Fsp3) is 0.571. The molecule has 3 rings (SSSR count). The monoisotopic (exact) mass is 226 g/mol. The van der Waals surface area contributed by atoms with Crippen LogP contribution in [0.25, 0.3) is 0 Å². The van der Waals surface area contributed by atoms with Crippen molar-refractivity contribution in [3.8, 4) is 0 Å². The smallest absolute Gasteiger partial charge is 0.116 e. The Hall–Kier alpha value is -0.955. The summed E-state index contributed by atoms with van der Waals surface area (Å²) in [5, 5.41) is 0. The van der Waals surface area contributed by atoms with E-state index in [1.165, 1.54) is 24.1 Å². The lowest BCUT2D eigenvalue weighted by molar-refractivity contribution is 0.199. The molecule has 1 saturated heterocycles. The van der Waals surface area contributed by atoms with E-state index in [2.05, 4.69) is 42.0 Å². The third kappa shape index (κ3) is 1.87. The fourth-order valence-electron chi connectivity index (χ4n) is 2.91. The first-order chi connectivity index (χ1) is 8.11. The van der Waals surface area contributed by atoms with Crippen molar-refractivity contribution in [1.29, 1.82) is 0 Å². The highest BCUT2D eigenvalue weighted by atomic mass is 15.3. The molecule has 0 aromatic heterocycles. The molecule has 1 aromatic rings. The molecule has 0 bridgehead atoms. The maximum Gasteiger partial charge on any atom is 0.116 e. The second-order valence-corrected chi connectivity index (χ2v) is 5.63. The zero-order valence-corrected chi connectivity index (χ0v) is 10.7. The largest absolute Gasteiger partial charge is 0.369 e. The van der Waals surface area contributed by atoms with Gasteiger partial charge >= 0.3 is 0 Å². The second kappa shape index (κ2) is 3.77. The molecule has 2 radical (unpaired) electrons. The van der Waals surface area contributed by atoms with Crippen LogP contribution >= 0.6 is 0 Å².